The van der Waals surface area contributed by atoms with E-state index in [1.807, 2.05) is 51.2 Å². The number of carbonyl (C=O) groups is 1. The first-order chi connectivity index (χ1) is 11.0. The summed E-state index contributed by atoms with van der Waals surface area (Å²) in [5.41, 5.74) is 7.33. The summed E-state index contributed by atoms with van der Waals surface area (Å²) in [5, 5.41) is 7.20. The molecule has 0 bridgehead atoms. The number of hydrogen-bond donors (Lipinski definition) is 3. The first-order valence-electron chi connectivity index (χ1n) is 7.37. The van der Waals surface area contributed by atoms with Gasteiger partial charge in [0.1, 0.15) is 5.75 Å². The third-order valence-corrected chi connectivity index (χ3v) is 3.51. The van der Waals surface area contributed by atoms with E-state index in [0.717, 1.165) is 34.0 Å². The Labute approximate surface area is 135 Å². The van der Waals surface area contributed by atoms with Crippen molar-refractivity contribution in [2.75, 3.05) is 19.0 Å². The molecule has 0 atom stereocenters. The second-order valence-corrected chi connectivity index (χ2v) is 5.29. The number of H-pyrrole nitrogens is 1. The fraction of sp³-hybridized carbons (Fsp3) is 0.294. The van der Waals surface area contributed by atoms with Crippen molar-refractivity contribution in [3.63, 3.8) is 0 Å². The number of hydrogen-bond acceptors (Lipinski definition) is 4. The number of aromatic nitrogens is 1. The molecule has 122 valence electrons. The van der Waals surface area contributed by atoms with Gasteiger partial charge < -0.3 is 15.0 Å². The minimum atomic E-state index is -0.210. The maximum atomic E-state index is 11.9. The summed E-state index contributed by atoms with van der Waals surface area (Å²) < 4.78 is 5.14. The molecule has 0 aliphatic heterocycles. The lowest BCUT2D eigenvalue weighted by molar-refractivity contribution is -0.119. The summed E-state index contributed by atoms with van der Waals surface area (Å²) in [4.78, 5) is 15.0. The van der Waals surface area contributed by atoms with Crippen LogP contribution in [0, 0.1) is 13.8 Å². The number of rotatable bonds is 6. The molecule has 1 aromatic heterocycles. The SMILES string of the molecule is COc1cccc(NCC(=O)N/N=C(\C)c2c(C)c[nH]c2C)c1. The molecule has 0 unspecified atom stereocenters. The Morgan fingerprint density at radius 2 is 2.13 bits per heavy atom. The van der Waals surface area contributed by atoms with Crippen LogP contribution in [0.1, 0.15) is 23.7 Å². The third-order valence-electron chi connectivity index (χ3n) is 3.51. The molecule has 0 aliphatic carbocycles. The molecule has 0 spiro atoms. The fourth-order valence-electron chi connectivity index (χ4n) is 2.37. The number of aryl methyl sites for hydroxylation is 2. The molecule has 2 rings (SSSR count). The van der Waals surface area contributed by atoms with Crippen molar-refractivity contribution in [2.24, 2.45) is 5.10 Å². The number of nitrogens with zero attached hydrogens (tertiary/aromatic N) is 1. The number of hydrazone groups is 1. The van der Waals surface area contributed by atoms with E-state index in [1.54, 1.807) is 7.11 Å². The highest BCUT2D eigenvalue weighted by atomic mass is 16.5. The molecule has 0 saturated heterocycles. The molecule has 1 amide bonds. The van der Waals surface area contributed by atoms with E-state index in [1.165, 1.54) is 0 Å². The van der Waals surface area contributed by atoms with Gasteiger partial charge in [-0.15, -0.1) is 0 Å². The quantitative estimate of drug-likeness (QED) is 0.566. The zero-order valence-electron chi connectivity index (χ0n) is 13.9. The average molecular weight is 314 g/mol. The monoisotopic (exact) mass is 314 g/mol. The fourth-order valence-corrected chi connectivity index (χ4v) is 2.37. The van der Waals surface area contributed by atoms with E-state index < -0.39 is 0 Å². The van der Waals surface area contributed by atoms with Crippen molar-refractivity contribution >= 4 is 17.3 Å². The molecule has 2 aromatic rings. The van der Waals surface area contributed by atoms with E-state index in [-0.39, 0.29) is 12.5 Å². The van der Waals surface area contributed by atoms with Gasteiger partial charge in [0.15, 0.2) is 0 Å². The van der Waals surface area contributed by atoms with Gasteiger partial charge in [-0.05, 0) is 38.5 Å². The second-order valence-electron chi connectivity index (χ2n) is 5.29. The van der Waals surface area contributed by atoms with Gasteiger partial charge >= 0.3 is 0 Å². The summed E-state index contributed by atoms with van der Waals surface area (Å²) in [6.07, 6.45) is 1.93. The van der Waals surface area contributed by atoms with Gasteiger partial charge in [-0.2, -0.15) is 5.10 Å². The van der Waals surface area contributed by atoms with Gasteiger partial charge in [-0.1, -0.05) is 6.07 Å². The maximum Gasteiger partial charge on any atom is 0.259 e. The number of anilines is 1. The van der Waals surface area contributed by atoms with Crippen LogP contribution in [0.15, 0.2) is 35.6 Å². The lowest BCUT2D eigenvalue weighted by atomic mass is 10.1. The Morgan fingerprint density at radius 1 is 1.35 bits per heavy atom. The summed E-state index contributed by atoms with van der Waals surface area (Å²) >= 11 is 0. The molecule has 1 aromatic carbocycles. The summed E-state index contributed by atoms with van der Waals surface area (Å²) in [7, 11) is 1.61. The van der Waals surface area contributed by atoms with Crippen molar-refractivity contribution < 1.29 is 9.53 Å². The van der Waals surface area contributed by atoms with Crippen molar-refractivity contribution in [3.8, 4) is 5.75 Å². The number of carbonyl (C=O) groups excluding carboxylic acids is 1. The molecular formula is C17H22N4O2. The van der Waals surface area contributed by atoms with Crippen LogP contribution < -0.4 is 15.5 Å². The molecule has 0 saturated carbocycles. The van der Waals surface area contributed by atoms with Gasteiger partial charge in [-0.25, -0.2) is 5.43 Å². The Kier molecular flexibility index (Phi) is 5.41. The van der Waals surface area contributed by atoms with Crippen LogP contribution >= 0.6 is 0 Å². The van der Waals surface area contributed by atoms with Gasteiger partial charge in [0.25, 0.3) is 5.91 Å². The lowest BCUT2D eigenvalue weighted by Crippen LogP contribution is -2.26. The van der Waals surface area contributed by atoms with Crippen LogP contribution in [-0.4, -0.2) is 30.3 Å². The maximum absolute atomic E-state index is 11.9. The number of nitrogens with one attached hydrogen (secondary N) is 3. The molecule has 0 radical (unpaired) electrons. The van der Waals surface area contributed by atoms with Crippen molar-refractivity contribution in [1.29, 1.82) is 0 Å². The van der Waals surface area contributed by atoms with E-state index >= 15 is 0 Å². The Balaban J connectivity index is 1.91. The van der Waals surface area contributed by atoms with E-state index in [9.17, 15) is 4.79 Å². The van der Waals surface area contributed by atoms with Crippen LogP contribution in [0.4, 0.5) is 5.69 Å². The number of ether oxygens (including phenoxy) is 1. The zero-order chi connectivity index (χ0) is 16.8. The van der Waals surface area contributed by atoms with E-state index in [4.69, 9.17) is 4.74 Å². The highest BCUT2D eigenvalue weighted by Gasteiger charge is 2.08. The number of methoxy groups -OCH3 is 1. The Hall–Kier alpha value is -2.76. The van der Waals surface area contributed by atoms with Crippen LogP contribution in [0.2, 0.25) is 0 Å². The normalized spacial score (nSPS) is 11.2. The first-order valence-corrected chi connectivity index (χ1v) is 7.37. The van der Waals surface area contributed by atoms with E-state index in [0.29, 0.717) is 0 Å². The average Bonchev–Trinajstić information content (AvgIpc) is 2.89. The highest BCUT2D eigenvalue weighted by molar-refractivity contribution is 6.01. The zero-order valence-corrected chi connectivity index (χ0v) is 13.9. The Morgan fingerprint density at radius 3 is 2.78 bits per heavy atom. The predicted octanol–water partition coefficient (Wildman–Crippen LogP) is 2.59. The van der Waals surface area contributed by atoms with Crippen molar-refractivity contribution in [1.82, 2.24) is 10.4 Å². The molecule has 1 heterocycles. The number of benzene rings is 1. The minimum Gasteiger partial charge on any atom is -0.497 e. The van der Waals surface area contributed by atoms with Crippen LogP contribution in [0.25, 0.3) is 0 Å². The smallest absolute Gasteiger partial charge is 0.259 e. The number of amides is 1. The topological polar surface area (TPSA) is 78.5 Å². The summed E-state index contributed by atoms with van der Waals surface area (Å²) in [6.45, 7) is 5.99. The van der Waals surface area contributed by atoms with Gasteiger partial charge in [0.2, 0.25) is 0 Å². The van der Waals surface area contributed by atoms with Gasteiger partial charge in [0.05, 0.1) is 19.4 Å². The Bertz CT molecular complexity index is 700. The van der Waals surface area contributed by atoms with Crippen LogP contribution in [0.3, 0.4) is 0 Å². The van der Waals surface area contributed by atoms with Crippen LogP contribution in [-0.2, 0) is 4.79 Å². The summed E-state index contributed by atoms with van der Waals surface area (Å²) in [6, 6.07) is 7.41. The van der Waals surface area contributed by atoms with Gasteiger partial charge in [-0.3, -0.25) is 4.79 Å². The molecule has 6 nitrogen and oxygen atoms in total. The molecular weight excluding hydrogens is 292 g/mol. The minimum absolute atomic E-state index is 0.134. The standard InChI is InChI=1S/C17H22N4O2/c1-11-9-18-12(2)17(11)13(3)20-21-16(22)10-19-14-6-5-7-15(8-14)23-4/h5-9,18-19H,10H2,1-4H3,(H,21,22)/b20-13+. The number of aromatic amines is 1. The molecule has 3 N–H and O–H groups in total. The predicted molar refractivity (Wildman–Crippen MR) is 92.1 cm³/mol. The molecule has 6 heteroatoms. The largest absolute Gasteiger partial charge is 0.497 e. The molecule has 0 fully saturated rings. The van der Waals surface area contributed by atoms with Crippen LogP contribution in [0.5, 0.6) is 5.75 Å². The molecule has 0 aliphatic rings. The molecule has 23 heavy (non-hydrogen) atoms. The summed E-state index contributed by atoms with van der Waals surface area (Å²) in [5.74, 6) is 0.528. The third kappa shape index (κ3) is 4.35. The first kappa shape index (κ1) is 16.6. The second kappa shape index (κ2) is 7.49. The highest BCUT2D eigenvalue weighted by Crippen LogP contribution is 2.16. The van der Waals surface area contributed by atoms with E-state index in [2.05, 4.69) is 20.8 Å². The lowest BCUT2D eigenvalue weighted by Gasteiger charge is -2.08. The van der Waals surface area contributed by atoms with Gasteiger partial charge in [0, 0.05) is 29.2 Å². The van der Waals surface area contributed by atoms with Crippen molar-refractivity contribution in [2.45, 2.75) is 20.8 Å². The van der Waals surface area contributed by atoms with Crippen molar-refractivity contribution in [3.05, 3.63) is 47.3 Å².